The Hall–Kier alpha value is -0.683. The first kappa shape index (κ1) is 22.5. The normalized spacial score (nSPS) is 39.1. The Labute approximate surface area is 184 Å². The van der Waals surface area contributed by atoms with Gasteiger partial charge in [0.05, 0.1) is 17.3 Å². The van der Waals surface area contributed by atoms with E-state index in [9.17, 15) is 10.2 Å². The van der Waals surface area contributed by atoms with Crippen LogP contribution in [0.4, 0.5) is 0 Å². The van der Waals surface area contributed by atoms with E-state index < -0.39 is 19.5 Å². The van der Waals surface area contributed by atoms with Crippen LogP contribution in [0.2, 0.25) is 18.1 Å². The Morgan fingerprint density at radius 2 is 1.73 bits per heavy atom. The highest BCUT2D eigenvalue weighted by molar-refractivity contribution is 6.74. The average Bonchev–Trinajstić information content (AvgIpc) is 2.88. The second-order valence-corrected chi connectivity index (χ2v) is 17.2. The first-order valence-corrected chi connectivity index (χ1v) is 14.8. The van der Waals surface area contributed by atoms with E-state index >= 15 is 0 Å². The number of hydrogen-bond acceptors (Lipinski definition) is 3. The zero-order valence-corrected chi connectivity index (χ0v) is 21.1. The highest BCUT2D eigenvalue weighted by Gasteiger charge is 2.67. The van der Waals surface area contributed by atoms with Crippen LogP contribution in [0, 0.1) is 18.3 Å². The molecule has 0 amide bonds. The fraction of sp³-hybridized carbons (Fsp3) is 0.769. The van der Waals surface area contributed by atoms with Gasteiger partial charge in [0.25, 0.3) is 0 Å². The smallest absolute Gasteiger partial charge is 0.192 e. The number of benzene rings is 1. The minimum Gasteiger partial charge on any atom is -0.413 e. The second-order valence-electron chi connectivity index (χ2n) is 12.4. The van der Waals surface area contributed by atoms with E-state index in [0.717, 1.165) is 25.7 Å². The molecule has 0 aliphatic heterocycles. The van der Waals surface area contributed by atoms with E-state index in [1.807, 2.05) is 0 Å². The minimum absolute atomic E-state index is 0.0665. The zero-order valence-electron chi connectivity index (χ0n) is 20.1. The van der Waals surface area contributed by atoms with Gasteiger partial charge in [-0.05, 0) is 86.0 Å². The van der Waals surface area contributed by atoms with Crippen LogP contribution in [0.1, 0.15) is 76.5 Å². The maximum absolute atomic E-state index is 12.2. The van der Waals surface area contributed by atoms with E-state index in [1.54, 1.807) is 0 Å². The van der Waals surface area contributed by atoms with E-state index in [4.69, 9.17) is 4.43 Å². The van der Waals surface area contributed by atoms with Crippen LogP contribution in [-0.4, -0.2) is 35.8 Å². The maximum Gasteiger partial charge on any atom is 0.192 e. The standard InChI is InChI=1S/C26H42O3Si/c1-18-8-9-19-12-13-26(28)21-10-11-22(29-30(6,7)23(2,3)4)24(21,5)14-15-25(26,27)17-20(19)16-18/h8-9,16,21-22,27-28H,10-15,17H2,1-7H3/t21-,22+,24+,25+,26+/m1/s1. The van der Waals surface area contributed by atoms with E-state index in [-0.39, 0.29) is 22.5 Å². The first-order chi connectivity index (χ1) is 13.7. The molecule has 0 unspecified atom stereocenters. The summed E-state index contributed by atoms with van der Waals surface area (Å²) in [5.74, 6) is 0.0916. The summed E-state index contributed by atoms with van der Waals surface area (Å²) in [5.41, 5.74) is 1.60. The third kappa shape index (κ3) is 3.25. The molecular weight excluding hydrogens is 388 g/mol. The molecule has 3 aliphatic carbocycles. The van der Waals surface area contributed by atoms with Gasteiger partial charge in [0.2, 0.25) is 0 Å². The van der Waals surface area contributed by atoms with Gasteiger partial charge >= 0.3 is 0 Å². The van der Waals surface area contributed by atoms with Gasteiger partial charge in [0.15, 0.2) is 8.32 Å². The van der Waals surface area contributed by atoms with Crippen molar-refractivity contribution in [3.05, 3.63) is 34.9 Å². The summed E-state index contributed by atoms with van der Waals surface area (Å²) < 4.78 is 6.95. The lowest BCUT2D eigenvalue weighted by Crippen LogP contribution is -2.66. The first-order valence-electron chi connectivity index (χ1n) is 11.9. The molecule has 1 aromatic rings. The zero-order chi connectivity index (χ0) is 22.2. The molecule has 30 heavy (non-hydrogen) atoms. The minimum atomic E-state index is -1.89. The molecule has 2 N–H and O–H groups in total. The fourth-order valence-electron chi connectivity index (χ4n) is 6.52. The molecule has 0 heterocycles. The molecule has 0 aromatic heterocycles. The molecule has 0 bridgehead atoms. The topological polar surface area (TPSA) is 49.7 Å². The molecule has 3 aliphatic rings. The molecule has 0 spiro atoms. The monoisotopic (exact) mass is 430 g/mol. The Morgan fingerprint density at radius 1 is 1.03 bits per heavy atom. The molecule has 168 valence electrons. The van der Waals surface area contributed by atoms with E-state index in [1.165, 1.54) is 16.7 Å². The summed E-state index contributed by atoms with van der Waals surface area (Å²) in [4.78, 5) is 0. The van der Waals surface area contributed by atoms with Crippen LogP contribution < -0.4 is 0 Å². The molecular formula is C26H42O3Si. The van der Waals surface area contributed by atoms with Crippen LogP contribution in [0.5, 0.6) is 0 Å². The third-order valence-corrected chi connectivity index (χ3v) is 14.1. The number of aryl methyl sites for hydroxylation is 2. The Balaban J connectivity index is 1.66. The molecule has 0 saturated heterocycles. The summed E-state index contributed by atoms with van der Waals surface area (Å²) >= 11 is 0. The lowest BCUT2D eigenvalue weighted by Gasteiger charge is -2.58. The van der Waals surface area contributed by atoms with Gasteiger partial charge in [-0.15, -0.1) is 0 Å². The van der Waals surface area contributed by atoms with Gasteiger partial charge in [-0.3, -0.25) is 0 Å². The third-order valence-electron chi connectivity index (χ3n) is 9.57. The number of hydrogen-bond donors (Lipinski definition) is 2. The van der Waals surface area contributed by atoms with E-state index in [2.05, 4.69) is 65.9 Å². The molecule has 1 aromatic carbocycles. The van der Waals surface area contributed by atoms with Crippen LogP contribution in [0.3, 0.4) is 0 Å². The molecule has 5 atom stereocenters. The Bertz CT molecular complexity index is 828. The molecule has 3 nitrogen and oxygen atoms in total. The SMILES string of the molecule is Cc1ccc2c(c1)C[C@@]1(O)CC[C@]3(C)[C@@H](O[Si](C)(C)C(C)(C)C)CC[C@H]3[C@@]1(O)CC2. The van der Waals surface area contributed by atoms with Gasteiger partial charge in [-0.2, -0.15) is 0 Å². The van der Waals surface area contributed by atoms with Crippen molar-refractivity contribution in [2.75, 3.05) is 0 Å². The van der Waals surface area contributed by atoms with Crippen LogP contribution in [0.25, 0.3) is 0 Å². The largest absolute Gasteiger partial charge is 0.413 e. The van der Waals surface area contributed by atoms with Gasteiger partial charge in [0.1, 0.15) is 0 Å². The van der Waals surface area contributed by atoms with E-state index in [0.29, 0.717) is 19.3 Å². The van der Waals surface area contributed by atoms with Crippen molar-refractivity contribution in [3.8, 4) is 0 Å². The van der Waals surface area contributed by atoms with Gasteiger partial charge in [0, 0.05) is 6.42 Å². The Kier molecular flexibility index (Phi) is 5.18. The van der Waals surface area contributed by atoms with Crippen molar-refractivity contribution in [2.45, 2.75) is 115 Å². The maximum atomic E-state index is 12.2. The highest BCUT2D eigenvalue weighted by Crippen LogP contribution is 2.62. The summed E-state index contributed by atoms with van der Waals surface area (Å²) in [6.07, 6.45) is 5.77. The second kappa shape index (κ2) is 6.91. The van der Waals surface area contributed by atoms with Crippen molar-refractivity contribution in [3.63, 3.8) is 0 Å². The van der Waals surface area contributed by atoms with Crippen molar-refractivity contribution < 1.29 is 14.6 Å². The number of rotatable bonds is 2. The van der Waals surface area contributed by atoms with Gasteiger partial charge in [-0.1, -0.05) is 51.5 Å². The predicted octanol–water partition coefficient (Wildman–Crippen LogP) is 5.55. The van der Waals surface area contributed by atoms with Crippen molar-refractivity contribution >= 4 is 8.32 Å². The summed E-state index contributed by atoms with van der Waals surface area (Å²) in [6, 6.07) is 6.57. The highest BCUT2D eigenvalue weighted by atomic mass is 28.4. The average molecular weight is 431 g/mol. The summed E-state index contributed by atoms with van der Waals surface area (Å²) in [6.45, 7) is 16.0. The number of aliphatic hydroxyl groups is 2. The molecule has 2 fully saturated rings. The molecule has 4 heteroatoms. The van der Waals surface area contributed by atoms with Crippen molar-refractivity contribution in [1.82, 2.24) is 0 Å². The predicted molar refractivity (Wildman–Crippen MR) is 125 cm³/mol. The lowest BCUT2D eigenvalue weighted by atomic mass is 9.54. The quantitative estimate of drug-likeness (QED) is 0.605. The van der Waals surface area contributed by atoms with Crippen molar-refractivity contribution in [2.24, 2.45) is 11.3 Å². The lowest BCUT2D eigenvalue weighted by molar-refractivity contribution is -0.236. The van der Waals surface area contributed by atoms with Gasteiger partial charge in [-0.25, -0.2) is 0 Å². The van der Waals surface area contributed by atoms with Crippen LogP contribution >= 0.6 is 0 Å². The molecule has 0 radical (unpaired) electrons. The van der Waals surface area contributed by atoms with Crippen LogP contribution in [0.15, 0.2) is 18.2 Å². The molecule has 2 saturated carbocycles. The number of fused-ring (bicyclic) bond motifs is 4. The van der Waals surface area contributed by atoms with Gasteiger partial charge < -0.3 is 14.6 Å². The fourth-order valence-corrected chi connectivity index (χ4v) is 7.97. The van der Waals surface area contributed by atoms with Crippen LogP contribution in [-0.2, 0) is 17.3 Å². The molecule has 4 rings (SSSR count). The summed E-state index contributed by atoms with van der Waals surface area (Å²) in [5, 5.41) is 24.3. The summed E-state index contributed by atoms with van der Waals surface area (Å²) in [7, 11) is -1.89. The van der Waals surface area contributed by atoms with Crippen molar-refractivity contribution in [1.29, 1.82) is 0 Å². The Morgan fingerprint density at radius 3 is 2.40 bits per heavy atom.